The Labute approximate surface area is 148 Å². The molecule has 8 heteroatoms. The van der Waals surface area contributed by atoms with Crippen molar-refractivity contribution in [2.24, 2.45) is 4.99 Å². The van der Waals surface area contributed by atoms with Gasteiger partial charge in [0, 0.05) is 31.3 Å². The zero-order chi connectivity index (χ0) is 18.5. The molecule has 0 spiro atoms. The van der Waals surface area contributed by atoms with Crippen LogP contribution in [-0.2, 0) is 0 Å². The van der Waals surface area contributed by atoms with E-state index in [-0.39, 0.29) is 11.6 Å². The number of allylic oxidation sites excluding steroid dienone is 2. The van der Waals surface area contributed by atoms with Crippen LogP contribution in [0.4, 0.5) is 13.2 Å². The zero-order valence-corrected chi connectivity index (χ0v) is 16.0. The number of thiophene rings is 1. The highest BCUT2D eigenvalue weighted by atomic mass is 32.2. The third-order valence-electron chi connectivity index (χ3n) is 3.23. The normalized spacial score (nSPS) is 16.3. The zero-order valence-electron chi connectivity index (χ0n) is 14.3. The van der Waals surface area contributed by atoms with Crippen molar-refractivity contribution in [2.45, 2.75) is 31.8 Å². The average molecular weight is 378 g/mol. The summed E-state index contributed by atoms with van der Waals surface area (Å²) in [6, 6.07) is 1.64. The van der Waals surface area contributed by atoms with Crippen LogP contribution in [0.15, 0.2) is 27.6 Å². The summed E-state index contributed by atoms with van der Waals surface area (Å²) in [6.45, 7) is 5.96. The maximum absolute atomic E-state index is 13.1. The van der Waals surface area contributed by atoms with Crippen LogP contribution in [0.3, 0.4) is 0 Å². The molecule has 0 saturated carbocycles. The van der Waals surface area contributed by atoms with Gasteiger partial charge in [0.15, 0.2) is 0 Å². The van der Waals surface area contributed by atoms with Crippen LogP contribution < -0.4 is 0 Å². The van der Waals surface area contributed by atoms with Gasteiger partial charge < -0.3 is 4.90 Å². The summed E-state index contributed by atoms with van der Waals surface area (Å²) in [5.41, 5.74) is -0.902. The summed E-state index contributed by atoms with van der Waals surface area (Å²) in [6.07, 6.45) is -3.47. The molecular weight excluding hydrogens is 357 g/mol. The van der Waals surface area contributed by atoms with Gasteiger partial charge in [-0.2, -0.15) is 13.2 Å². The molecule has 1 aromatic heterocycles. The number of thioether (sulfide) groups is 1. The van der Waals surface area contributed by atoms with E-state index < -0.39 is 11.7 Å². The lowest BCUT2D eigenvalue weighted by Gasteiger charge is -2.13. The summed E-state index contributed by atoms with van der Waals surface area (Å²) in [5.74, 6) is 0.570. The molecule has 1 aliphatic rings. The van der Waals surface area contributed by atoms with Gasteiger partial charge in [0.25, 0.3) is 5.91 Å². The first-order valence-electron chi connectivity index (χ1n) is 7.52. The van der Waals surface area contributed by atoms with E-state index in [0.29, 0.717) is 16.3 Å². The molecule has 0 unspecified atom stereocenters. The molecule has 0 radical (unpaired) electrons. The van der Waals surface area contributed by atoms with Crippen LogP contribution in [0, 0.1) is 0 Å². The molecule has 0 aliphatic carbocycles. The van der Waals surface area contributed by atoms with Crippen LogP contribution in [0.25, 0.3) is 0 Å². The average Bonchev–Trinajstić information content (AvgIpc) is 2.90. The molecule has 0 fully saturated rings. The molecule has 0 atom stereocenters. The third-order valence-corrected chi connectivity index (χ3v) is 5.51. The number of amides is 1. The number of hydrogen-bond donors (Lipinski definition) is 0. The predicted octanol–water partition coefficient (Wildman–Crippen LogP) is 4.88. The molecule has 0 bridgehead atoms. The number of carbonyl (C=O) groups excluding carboxylic acids is 1. The first-order valence-corrected chi connectivity index (χ1v) is 9.33. The highest BCUT2D eigenvalue weighted by molar-refractivity contribution is 7.99. The van der Waals surface area contributed by atoms with E-state index in [9.17, 15) is 18.0 Å². The van der Waals surface area contributed by atoms with E-state index in [2.05, 4.69) is 4.99 Å². The van der Waals surface area contributed by atoms with E-state index in [0.717, 1.165) is 28.1 Å². The topological polar surface area (TPSA) is 32.7 Å². The Kier molecular flexibility index (Phi) is 7.54. The van der Waals surface area contributed by atoms with Gasteiger partial charge in [-0.05, 0) is 13.0 Å². The number of alkyl halides is 3. The quantitative estimate of drug-likeness (QED) is 0.687. The van der Waals surface area contributed by atoms with Gasteiger partial charge in [0.2, 0.25) is 0 Å². The highest BCUT2D eigenvalue weighted by Gasteiger charge is 2.37. The van der Waals surface area contributed by atoms with Crippen LogP contribution in [0.5, 0.6) is 0 Å². The van der Waals surface area contributed by atoms with E-state index in [1.807, 2.05) is 13.8 Å². The van der Waals surface area contributed by atoms with Gasteiger partial charge in [-0.15, -0.1) is 23.1 Å². The van der Waals surface area contributed by atoms with Crippen LogP contribution in [-0.4, -0.2) is 49.1 Å². The van der Waals surface area contributed by atoms with Crippen molar-refractivity contribution in [2.75, 3.05) is 26.4 Å². The van der Waals surface area contributed by atoms with Crippen molar-refractivity contribution >= 4 is 34.7 Å². The molecule has 1 aliphatic heterocycles. The maximum atomic E-state index is 13.1. The molecule has 0 aromatic carbocycles. The van der Waals surface area contributed by atoms with E-state index >= 15 is 0 Å². The fourth-order valence-corrected chi connectivity index (χ4v) is 4.59. The fourth-order valence-electron chi connectivity index (χ4n) is 2.11. The molecule has 0 N–H and O–H groups in total. The minimum atomic E-state index is -4.47. The Morgan fingerprint density at radius 2 is 2.00 bits per heavy atom. The number of fused-ring (bicyclic) bond motifs is 1. The maximum Gasteiger partial charge on any atom is 0.418 e. The van der Waals surface area contributed by atoms with Crippen molar-refractivity contribution in [1.29, 1.82) is 0 Å². The third kappa shape index (κ3) is 4.42. The Balaban J connectivity index is 0.00000139. The molecular formula is C16H21F3N2OS2. The molecule has 3 nitrogen and oxygen atoms in total. The minimum absolute atomic E-state index is 0.121. The second-order valence-electron chi connectivity index (χ2n) is 4.65. The molecule has 2 rings (SSSR count). The summed E-state index contributed by atoms with van der Waals surface area (Å²) >= 11 is 2.55. The first kappa shape index (κ1) is 20.8. The minimum Gasteiger partial charge on any atom is -0.340 e. The van der Waals surface area contributed by atoms with Crippen LogP contribution in [0.1, 0.15) is 35.3 Å². The second-order valence-corrected chi connectivity index (χ2v) is 6.84. The lowest BCUT2D eigenvalue weighted by Crippen LogP contribution is -2.26. The van der Waals surface area contributed by atoms with Crippen molar-refractivity contribution in [3.8, 4) is 0 Å². The molecule has 2 heterocycles. The Morgan fingerprint density at radius 3 is 2.50 bits per heavy atom. The summed E-state index contributed by atoms with van der Waals surface area (Å²) < 4.78 is 39.3. The Bertz CT molecular complexity index is 648. The smallest absolute Gasteiger partial charge is 0.340 e. The standard InChI is InChI=1S/C14H15F3N2OS2.C2H6/c1-4-8(14(15,16)17)11(18-2)9-7-10-12(22-9)13(20)19(3)5-6-21-10;1-2/h4,7H,5-6H2,1-3H3;1-2H3/b8-4+,18-11?;. The summed E-state index contributed by atoms with van der Waals surface area (Å²) in [7, 11) is 3.02. The van der Waals surface area contributed by atoms with Crippen molar-refractivity contribution in [1.82, 2.24) is 4.90 Å². The second kappa shape index (κ2) is 8.71. The Morgan fingerprint density at radius 1 is 1.38 bits per heavy atom. The van der Waals surface area contributed by atoms with Gasteiger partial charge >= 0.3 is 6.18 Å². The van der Waals surface area contributed by atoms with Gasteiger partial charge in [-0.25, -0.2) is 0 Å². The summed E-state index contributed by atoms with van der Waals surface area (Å²) in [4.78, 5) is 19.2. The van der Waals surface area contributed by atoms with Gasteiger partial charge in [-0.3, -0.25) is 9.79 Å². The highest BCUT2D eigenvalue weighted by Crippen LogP contribution is 2.37. The lowest BCUT2D eigenvalue weighted by atomic mass is 10.1. The largest absolute Gasteiger partial charge is 0.418 e. The first-order chi connectivity index (χ1) is 11.3. The van der Waals surface area contributed by atoms with Gasteiger partial charge in [-0.1, -0.05) is 19.9 Å². The van der Waals surface area contributed by atoms with Crippen molar-refractivity contribution in [3.05, 3.63) is 27.5 Å². The number of carbonyl (C=O) groups is 1. The molecule has 0 saturated heterocycles. The number of halogens is 3. The summed E-state index contributed by atoms with van der Waals surface area (Å²) in [5, 5.41) is 0. The molecule has 24 heavy (non-hydrogen) atoms. The monoisotopic (exact) mass is 378 g/mol. The molecule has 1 amide bonds. The van der Waals surface area contributed by atoms with Crippen LogP contribution in [0.2, 0.25) is 0 Å². The van der Waals surface area contributed by atoms with Gasteiger partial charge in [0.1, 0.15) is 4.88 Å². The number of hydrogen-bond acceptors (Lipinski definition) is 4. The van der Waals surface area contributed by atoms with E-state index in [1.54, 1.807) is 18.0 Å². The molecule has 1 aromatic rings. The van der Waals surface area contributed by atoms with Crippen LogP contribution >= 0.6 is 23.1 Å². The van der Waals surface area contributed by atoms with E-state index in [1.165, 1.54) is 25.7 Å². The lowest BCUT2D eigenvalue weighted by molar-refractivity contribution is -0.0861. The van der Waals surface area contributed by atoms with Gasteiger partial charge in [0.05, 0.1) is 16.2 Å². The number of aliphatic imine (C=N–C) groups is 1. The SMILES string of the molecule is C/C=C(\C(=NC)c1cc2c(s1)C(=O)N(C)CCS2)C(F)(F)F.CC. The van der Waals surface area contributed by atoms with Crippen molar-refractivity contribution in [3.63, 3.8) is 0 Å². The van der Waals surface area contributed by atoms with E-state index in [4.69, 9.17) is 0 Å². The molecule has 134 valence electrons. The predicted molar refractivity (Wildman–Crippen MR) is 95.6 cm³/mol. The Hall–Kier alpha value is -1.28. The number of nitrogens with zero attached hydrogens (tertiary/aromatic N) is 2. The van der Waals surface area contributed by atoms with Crippen molar-refractivity contribution < 1.29 is 18.0 Å². The number of rotatable bonds is 2. The fraction of sp³-hybridized carbons (Fsp3) is 0.500.